The largest absolute Gasteiger partial charge is 0.467 e. The van der Waals surface area contributed by atoms with Crippen molar-refractivity contribution >= 4 is 5.97 Å². The van der Waals surface area contributed by atoms with Crippen molar-refractivity contribution in [1.82, 2.24) is 20.5 Å². The molecule has 2 aromatic rings. The molecule has 0 aliphatic heterocycles. The molecule has 7 nitrogen and oxygen atoms in total. The van der Waals surface area contributed by atoms with Gasteiger partial charge in [0, 0.05) is 0 Å². The molecule has 0 spiro atoms. The normalized spacial score (nSPS) is 10.4. The Labute approximate surface area is 97.2 Å². The number of aromatic amines is 1. The van der Waals surface area contributed by atoms with Crippen LogP contribution in [0.15, 0.2) is 23.1 Å². The SMILES string of the molecule is COC(=O)c1coc(CNCc2ncn[nH]2)c1. The molecule has 17 heavy (non-hydrogen) atoms. The van der Waals surface area contributed by atoms with Gasteiger partial charge in [-0.25, -0.2) is 9.78 Å². The van der Waals surface area contributed by atoms with Crippen molar-refractivity contribution in [2.75, 3.05) is 7.11 Å². The van der Waals surface area contributed by atoms with Gasteiger partial charge in [0.05, 0.1) is 25.8 Å². The zero-order chi connectivity index (χ0) is 12.1. The van der Waals surface area contributed by atoms with Gasteiger partial charge in [0.1, 0.15) is 24.2 Å². The van der Waals surface area contributed by atoms with Gasteiger partial charge in [-0.2, -0.15) is 5.10 Å². The van der Waals surface area contributed by atoms with Crippen LogP contribution in [-0.4, -0.2) is 28.3 Å². The van der Waals surface area contributed by atoms with E-state index in [4.69, 9.17) is 4.42 Å². The van der Waals surface area contributed by atoms with Crippen LogP contribution in [0.3, 0.4) is 0 Å². The van der Waals surface area contributed by atoms with Gasteiger partial charge in [0.25, 0.3) is 0 Å². The average molecular weight is 236 g/mol. The highest BCUT2D eigenvalue weighted by atomic mass is 16.5. The van der Waals surface area contributed by atoms with E-state index in [1.54, 1.807) is 6.07 Å². The molecular formula is C10H12N4O3. The van der Waals surface area contributed by atoms with Gasteiger partial charge in [0.2, 0.25) is 0 Å². The lowest BCUT2D eigenvalue weighted by Gasteiger charge is -1.98. The zero-order valence-electron chi connectivity index (χ0n) is 9.27. The highest BCUT2D eigenvalue weighted by molar-refractivity contribution is 5.88. The first-order valence-electron chi connectivity index (χ1n) is 5.00. The van der Waals surface area contributed by atoms with E-state index in [2.05, 4.69) is 25.2 Å². The Kier molecular flexibility index (Phi) is 3.51. The summed E-state index contributed by atoms with van der Waals surface area (Å²) in [4.78, 5) is 15.1. The first-order valence-corrected chi connectivity index (χ1v) is 5.00. The van der Waals surface area contributed by atoms with Gasteiger partial charge in [-0.1, -0.05) is 0 Å². The number of rotatable bonds is 5. The fourth-order valence-electron chi connectivity index (χ4n) is 1.32. The Balaban J connectivity index is 1.83. The second-order valence-electron chi connectivity index (χ2n) is 3.33. The summed E-state index contributed by atoms with van der Waals surface area (Å²) >= 11 is 0. The molecule has 0 radical (unpaired) electrons. The summed E-state index contributed by atoms with van der Waals surface area (Å²) in [5.74, 6) is 0.991. The number of methoxy groups -OCH3 is 1. The molecule has 2 heterocycles. The number of hydrogen-bond donors (Lipinski definition) is 2. The standard InChI is InChI=1S/C10H12N4O3/c1-16-10(15)7-2-8(17-5-7)3-11-4-9-12-6-13-14-9/h2,5-6,11H,3-4H2,1H3,(H,12,13,14). The summed E-state index contributed by atoms with van der Waals surface area (Å²) < 4.78 is 9.77. The Morgan fingerprint density at radius 2 is 2.47 bits per heavy atom. The molecule has 0 atom stereocenters. The number of nitrogens with zero attached hydrogens (tertiary/aromatic N) is 2. The van der Waals surface area contributed by atoms with E-state index >= 15 is 0 Å². The van der Waals surface area contributed by atoms with Crippen molar-refractivity contribution in [1.29, 1.82) is 0 Å². The maximum absolute atomic E-state index is 11.2. The second-order valence-corrected chi connectivity index (χ2v) is 3.33. The summed E-state index contributed by atoms with van der Waals surface area (Å²) in [6, 6.07) is 1.64. The summed E-state index contributed by atoms with van der Waals surface area (Å²) in [5, 5.41) is 9.55. The summed E-state index contributed by atoms with van der Waals surface area (Å²) in [5.41, 5.74) is 0.406. The number of ether oxygens (including phenoxy) is 1. The molecule has 2 aromatic heterocycles. The number of furan rings is 1. The molecule has 2 rings (SSSR count). The predicted molar refractivity (Wildman–Crippen MR) is 57.0 cm³/mol. The highest BCUT2D eigenvalue weighted by Gasteiger charge is 2.09. The Hall–Kier alpha value is -2.15. The number of carbonyl (C=O) groups is 1. The van der Waals surface area contributed by atoms with Crippen molar-refractivity contribution in [2.24, 2.45) is 0 Å². The van der Waals surface area contributed by atoms with Crippen molar-refractivity contribution < 1.29 is 13.9 Å². The van der Waals surface area contributed by atoms with Crippen LogP contribution in [0.25, 0.3) is 0 Å². The molecule has 90 valence electrons. The molecule has 0 saturated carbocycles. The first-order chi connectivity index (χ1) is 8.29. The minimum absolute atomic E-state index is 0.406. The van der Waals surface area contributed by atoms with E-state index in [-0.39, 0.29) is 0 Å². The van der Waals surface area contributed by atoms with Gasteiger partial charge in [0.15, 0.2) is 0 Å². The van der Waals surface area contributed by atoms with Gasteiger partial charge >= 0.3 is 5.97 Å². The van der Waals surface area contributed by atoms with E-state index in [0.29, 0.717) is 24.4 Å². The third kappa shape index (κ3) is 2.91. The van der Waals surface area contributed by atoms with Crippen LogP contribution >= 0.6 is 0 Å². The maximum atomic E-state index is 11.2. The lowest BCUT2D eigenvalue weighted by Crippen LogP contribution is -2.13. The molecule has 0 aromatic carbocycles. The molecule has 0 aliphatic carbocycles. The quantitative estimate of drug-likeness (QED) is 0.733. The number of aromatic nitrogens is 3. The van der Waals surface area contributed by atoms with Crippen LogP contribution in [0.1, 0.15) is 21.9 Å². The van der Waals surface area contributed by atoms with E-state index in [0.717, 1.165) is 5.82 Å². The van der Waals surface area contributed by atoms with Gasteiger partial charge in [-0.15, -0.1) is 0 Å². The monoisotopic (exact) mass is 236 g/mol. The fourth-order valence-corrected chi connectivity index (χ4v) is 1.32. The lowest BCUT2D eigenvalue weighted by atomic mass is 10.3. The number of hydrogen-bond acceptors (Lipinski definition) is 6. The van der Waals surface area contributed by atoms with Crippen LogP contribution in [0.5, 0.6) is 0 Å². The number of carbonyl (C=O) groups excluding carboxylic acids is 1. The molecule has 7 heteroatoms. The number of nitrogens with one attached hydrogen (secondary N) is 2. The first kappa shape index (κ1) is 11.3. The molecule has 2 N–H and O–H groups in total. The molecule has 0 unspecified atom stereocenters. The average Bonchev–Trinajstić information content (AvgIpc) is 2.99. The van der Waals surface area contributed by atoms with E-state index in [1.165, 1.54) is 19.7 Å². The molecule has 0 fully saturated rings. The van der Waals surface area contributed by atoms with E-state index < -0.39 is 5.97 Å². The van der Waals surface area contributed by atoms with Crippen molar-refractivity contribution in [2.45, 2.75) is 13.1 Å². The Morgan fingerprint density at radius 1 is 1.59 bits per heavy atom. The third-order valence-corrected chi connectivity index (χ3v) is 2.13. The molecule has 0 amide bonds. The van der Waals surface area contributed by atoms with Crippen LogP contribution in [0.2, 0.25) is 0 Å². The smallest absolute Gasteiger partial charge is 0.341 e. The topological polar surface area (TPSA) is 93.0 Å². The van der Waals surface area contributed by atoms with Crippen LogP contribution in [-0.2, 0) is 17.8 Å². The molecule has 0 saturated heterocycles. The Bertz CT molecular complexity index is 477. The van der Waals surface area contributed by atoms with Crippen molar-refractivity contribution in [3.05, 3.63) is 35.8 Å². The van der Waals surface area contributed by atoms with Crippen molar-refractivity contribution in [3.8, 4) is 0 Å². The van der Waals surface area contributed by atoms with Crippen LogP contribution in [0, 0.1) is 0 Å². The van der Waals surface area contributed by atoms with E-state index in [1.807, 2.05) is 0 Å². The van der Waals surface area contributed by atoms with Crippen LogP contribution in [0.4, 0.5) is 0 Å². The molecule has 0 bridgehead atoms. The third-order valence-electron chi connectivity index (χ3n) is 2.13. The summed E-state index contributed by atoms with van der Waals surface area (Å²) in [6.45, 7) is 1.05. The summed E-state index contributed by atoms with van der Waals surface area (Å²) in [6.07, 6.45) is 2.82. The van der Waals surface area contributed by atoms with Crippen LogP contribution < -0.4 is 5.32 Å². The lowest BCUT2D eigenvalue weighted by molar-refractivity contribution is 0.0600. The molecular weight excluding hydrogens is 224 g/mol. The predicted octanol–water partition coefficient (Wildman–Crippen LogP) is 0.474. The van der Waals surface area contributed by atoms with Crippen molar-refractivity contribution in [3.63, 3.8) is 0 Å². The summed E-state index contributed by atoms with van der Waals surface area (Å²) in [7, 11) is 1.33. The fraction of sp³-hybridized carbons (Fsp3) is 0.300. The highest BCUT2D eigenvalue weighted by Crippen LogP contribution is 2.08. The minimum Gasteiger partial charge on any atom is -0.467 e. The second kappa shape index (κ2) is 5.26. The number of H-pyrrole nitrogens is 1. The van der Waals surface area contributed by atoms with Gasteiger partial charge in [-0.3, -0.25) is 5.10 Å². The Morgan fingerprint density at radius 3 is 3.18 bits per heavy atom. The van der Waals surface area contributed by atoms with Gasteiger partial charge < -0.3 is 14.5 Å². The van der Waals surface area contributed by atoms with E-state index in [9.17, 15) is 4.79 Å². The van der Waals surface area contributed by atoms with Gasteiger partial charge in [-0.05, 0) is 6.07 Å². The number of esters is 1. The molecule has 0 aliphatic rings. The maximum Gasteiger partial charge on any atom is 0.341 e. The minimum atomic E-state index is -0.407. The zero-order valence-corrected chi connectivity index (χ0v) is 9.27.